The molecule has 2 unspecified atom stereocenters. The Kier molecular flexibility index (Phi) is 2.98. The molecule has 0 aromatic carbocycles. The number of aliphatic hydroxyl groups is 1. The fraction of sp³-hybridized carbons (Fsp3) is 0.909. The van der Waals surface area contributed by atoms with Gasteiger partial charge in [-0.25, -0.2) is 0 Å². The number of carbonyl (C=O) groups excluding carboxylic acids is 1. The van der Waals surface area contributed by atoms with Gasteiger partial charge in [0.1, 0.15) is 0 Å². The summed E-state index contributed by atoms with van der Waals surface area (Å²) in [6, 6.07) is 0. The molecule has 4 nitrogen and oxygen atoms in total. The Balaban J connectivity index is 1.75. The van der Waals surface area contributed by atoms with Crippen LogP contribution in [0.3, 0.4) is 0 Å². The fourth-order valence-corrected chi connectivity index (χ4v) is 2.07. The minimum atomic E-state index is -0.341. The second-order valence-electron chi connectivity index (χ2n) is 5.10. The summed E-state index contributed by atoms with van der Waals surface area (Å²) in [5, 5.41) is 15.7. The molecule has 2 aliphatic rings. The molecule has 1 heterocycles. The van der Waals surface area contributed by atoms with E-state index in [1.807, 2.05) is 6.92 Å². The summed E-state index contributed by atoms with van der Waals surface area (Å²) in [6.07, 6.45) is 2.76. The quantitative estimate of drug-likeness (QED) is 0.608. The molecular formula is C11H20N2O2. The van der Waals surface area contributed by atoms with E-state index >= 15 is 0 Å². The van der Waals surface area contributed by atoms with E-state index in [4.69, 9.17) is 0 Å². The lowest BCUT2D eigenvalue weighted by Crippen LogP contribution is -2.43. The number of carbonyl (C=O) groups is 1. The number of nitrogens with one attached hydrogen (secondary N) is 2. The lowest BCUT2D eigenvalue weighted by atomic mass is 9.89. The van der Waals surface area contributed by atoms with Crippen LogP contribution in [-0.2, 0) is 4.79 Å². The van der Waals surface area contributed by atoms with Gasteiger partial charge in [-0.1, -0.05) is 0 Å². The molecule has 2 rings (SSSR count). The van der Waals surface area contributed by atoms with Gasteiger partial charge in [0, 0.05) is 13.1 Å². The topological polar surface area (TPSA) is 61.4 Å². The molecule has 1 aliphatic carbocycles. The number of hydrogen-bond donors (Lipinski definition) is 3. The van der Waals surface area contributed by atoms with Gasteiger partial charge in [0.25, 0.3) is 0 Å². The number of hydrogen-bond acceptors (Lipinski definition) is 3. The van der Waals surface area contributed by atoms with Gasteiger partial charge in [0.2, 0.25) is 5.91 Å². The van der Waals surface area contributed by atoms with Crippen LogP contribution in [0.15, 0.2) is 0 Å². The van der Waals surface area contributed by atoms with Crippen molar-refractivity contribution < 1.29 is 9.90 Å². The van der Waals surface area contributed by atoms with Gasteiger partial charge in [0.05, 0.1) is 11.5 Å². The maximum absolute atomic E-state index is 11.9. The predicted molar refractivity (Wildman–Crippen MR) is 57.3 cm³/mol. The Bertz CT molecular complexity index is 245. The van der Waals surface area contributed by atoms with Crippen molar-refractivity contribution in [2.75, 3.05) is 19.6 Å². The van der Waals surface area contributed by atoms with Crippen LogP contribution >= 0.6 is 0 Å². The SMILES string of the molecule is CC1(C(=O)NCC(O)C2CC2)CCNC1. The summed E-state index contributed by atoms with van der Waals surface area (Å²) >= 11 is 0. The first kappa shape index (κ1) is 10.9. The third-order valence-corrected chi connectivity index (χ3v) is 3.55. The van der Waals surface area contributed by atoms with Crippen LogP contribution in [0.4, 0.5) is 0 Å². The van der Waals surface area contributed by atoms with E-state index in [1.54, 1.807) is 0 Å². The highest BCUT2D eigenvalue weighted by atomic mass is 16.3. The maximum atomic E-state index is 11.9. The van der Waals surface area contributed by atoms with E-state index in [9.17, 15) is 9.90 Å². The standard InChI is InChI=1S/C11H20N2O2/c1-11(4-5-12-7-11)10(15)13-6-9(14)8-2-3-8/h8-9,12,14H,2-7H2,1H3,(H,13,15). The Labute approximate surface area is 90.4 Å². The van der Waals surface area contributed by atoms with Gasteiger partial charge in [-0.05, 0) is 38.6 Å². The van der Waals surface area contributed by atoms with Gasteiger partial charge >= 0.3 is 0 Å². The van der Waals surface area contributed by atoms with Gasteiger partial charge in [-0.3, -0.25) is 4.79 Å². The molecule has 0 spiro atoms. The summed E-state index contributed by atoms with van der Waals surface area (Å²) in [6.45, 7) is 4.05. The van der Waals surface area contributed by atoms with Crippen LogP contribution in [0, 0.1) is 11.3 Å². The molecule has 0 radical (unpaired) electrons. The minimum Gasteiger partial charge on any atom is -0.391 e. The molecule has 15 heavy (non-hydrogen) atoms. The van der Waals surface area contributed by atoms with Crippen LogP contribution in [0.25, 0.3) is 0 Å². The predicted octanol–water partition coefficient (Wildman–Crippen LogP) is -0.127. The zero-order valence-corrected chi connectivity index (χ0v) is 9.25. The van der Waals surface area contributed by atoms with Crippen molar-refractivity contribution in [1.82, 2.24) is 10.6 Å². The average Bonchev–Trinajstić information content (AvgIpc) is 2.98. The van der Waals surface area contributed by atoms with Crippen molar-refractivity contribution in [3.8, 4) is 0 Å². The Hall–Kier alpha value is -0.610. The van der Waals surface area contributed by atoms with Gasteiger partial charge < -0.3 is 15.7 Å². The molecule has 86 valence electrons. The molecule has 3 N–H and O–H groups in total. The molecule has 1 aliphatic heterocycles. The third-order valence-electron chi connectivity index (χ3n) is 3.55. The monoisotopic (exact) mass is 212 g/mol. The van der Waals surface area contributed by atoms with Crippen molar-refractivity contribution >= 4 is 5.91 Å². The van der Waals surface area contributed by atoms with Crippen LogP contribution in [0.2, 0.25) is 0 Å². The smallest absolute Gasteiger partial charge is 0.227 e. The zero-order valence-electron chi connectivity index (χ0n) is 9.25. The first-order chi connectivity index (χ1) is 7.12. The van der Waals surface area contributed by atoms with Crippen LogP contribution in [-0.4, -0.2) is 36.8 Å². The zero-order chi connectivity index (χ0) is 10.9. The number of amides is 1. The van der Waals surface area contributed by atoms with E-state index < -0.39 is 0 Å². The molecule has 4 heteroatoms. The summed E-state index contributed by atoms with van der Waals surface area (Å²) in [4.78, 5) is 11.9. The summed E-state index contributed by atoms with van der Waals surface area (Å²) in [5.74, 6) is 0.506. The van der Waals surface area contributed by atoms with Gasteiger partial charge in [-0.2, -0.15) is 0 Å². The van der Waals surface area contributed by atoms with Crippen LogP contribution < -0.4 is 10.6 Å². The van der Waals surface area contributed by atoms with E-state index in [1.165, 1.54) is 0 Å². The lowest BCUT2D eigenvalue weighted by molar-refractivity contribution is -0.129. The van der Waals surface area contributed by atoms with E-state index in [0.717, 1.165) is 32.4 Å². The third kappa shape index (κ3) is 2.49. The van der Waals surface area contributed by atoms with E-state index in [-0.39, 0.29) is 17.4 Å². The molecule has 1 saturated heterocycles. The summed E-state index contributed by atoms with van der Waals surface area (Å²) in [5.41, 5.74) is -0.275. The lowest BCUT2D eigenvalue weighted by Gasteiger charge is -2.22. The van der Waals surface area contributed by atoms with E-state index in [2.05, 4.69) is 10.6 Å². The first-order valence-electron chi connectivity index (χ1n) is 5.79. The molecule has 0 aromatic heterocycles. The Morgan fingerprint density at radius 1 is 1.67 bits per heavy atom. The van der Waals surface area contributed by atoms with E-state index in [0.29, 0.717) is 12.5 Å². The number of rotatable bonds is 4. The molecule has 2 fully saturated rings. The first-order valence-corrected chi connectivity index (χ1v) is 5.79. The van der Waals surface area contributed by atoms with Crippen molar-refractivity contribution in [3.63, 3.8) is 0 Å². The van der Waals surface area contributed by atoms with Gasteiger partial charge in [0.15, 0.2) is 0 Å². The van der Waals surface area contributed by atoms with Crippen molar-refractivity contribution in [3.05, 3.63) is 0 Å². The molecule has 1 amide bonds. The number of aliphatic hydroxyl groups excluding tert-OH is 1. The Morgan fingerprint density at radius 2 is 2.40 bits per heavy atom. The van der Waals surface area contributed by atoms with Crippen molar-refractivity contribution in [2.45, 2.75) is 32.3 Å². The highest BCUT2D eigenvalue weighted by molar-refractivity contribution is 5.82. The normalized spacial score (nSPS) is 32.7. The summed E-state index contributed by atoms with van der Waals surface area (Å²) < 4.78 is 0. The molecule has 0 aromatic rings. The molecular weight excluding hydrogens is 192 g/mol. The second-order valence-corrected chi connectivity index (χ2v) is 5.10. The molecule has 2 atom stereocenters. The minimum absolute atomic E-state index is 0.0761. The average molecular weight is 212 g/mol. The second kappa shape index (κ2) is 4.10. The maximum Gasteiger partial charge on any atom is 0.227 e. The van der Waals surface area contributed by atoms with Crippen LogP contribution in [0.1, 0.15) is 26.2 Å². The summed E-state index contributed by atoms with van der Waals surface area (Å²) in [7, 11) is 0. The molecule has 0 bridgehead atoms. The van der Waals surface area contributed by atoms with Crippen LogP contribution in [0.5, 0.6) is 0 Å². The molecule has 1 saturated carbocycles. The largest absolute Gasteiger partial charge is 0.391 e. The highest BCUT2D eigenvalue weighted by Gasteiger charge is 2.37. The highest BCUT2D eigenvalue weighted by Crippen LogP contribution is 2.32. The fourth-order valence-electron chi connectivity index (χ4n) is 2.07. The Morgan fingerprint density at radius 3 is 2.93 bits per heavy atom. The van der Waals surface area contributed by atoms with Crippen molar-refractivity contribution in [2.24, 2.45) is 11.3 Å². The van der Waals surface area contributed by atoms with Crippen molar-refractivity contribution in [1.29, 1.82) is 0 Å². The van der Waals surface area contributed by atoms with Gasteiger partial charge in [-0.15, -0.1) is 0 Å².